The first-order valence-corrected chi connectivity index (χ1v) is 9.73. The molecular weight excluding hydrogens is 383 g/mol. The SMILES string of the molecule is COc1cc(C=Nc2ccc3c(c2)ncn3C)ccc1N(CCCl)CCCl. The highest BCUT2D eigenvalue weighted by Gasteiger charge is 2.11. The van der Waals surface area contributed by atoms with E-state index in [-0.39, 0.29) is 0 Å². The second-order valence-electron chi connectivity index (χ2n) is 6.08. The zero-order chi connectivity index (χ0) is 19.2. The zero-order valence-corrected chi connectivity index (χ0v) is 16.9. The molecule has 1 aromatic heterocycles. The molecule has 0 atom stereocenters. The Kier molecular flexibility index (Phi) is 6.58. The standard InChI is InChI=1S/C20H22Cl2N4O/c1-25-14-24-17-12-16(4-6-18(17)25)23-13-15-3-5-19(20(11-15)27-2)26(9-7-21)10-8-22/h3-6,11-14H,7-10H2,1-2H3. The van der Waals surface area contributed by atoms with Crippen molar-refractivity contribution in [2.75, 3.05) is 36.9 Å². The zero-order valence-electron chi connectivity index (χ0n) is 15.4. The molecule has 0 N–H and O–H groups in total. The first-order valence-electron chi connectivity index (χ1n) is 8.66. The average Bonchev–Trinajstić information content (AvgIpc) is 3.06. The van der Waals surface area contributed by atoms with E-state index >= 15 is 0 Å². The van der Waals surface area contributed by atoms with Crippen molar-refractivity contribution in [2.45, 2.75) is 0 Å². The molecule has 0 unspecified atom stereocenters. The van der Waals surface area contributed by atoms with Crippen LogP contribution in [0.1, 0.15) is 5.56 Å². The van der Waals surface area contributed by atoms with Crippen LogP contribution in [0.3, 0.4) is 0 Å². The molecule has 3 aromatic rings. The quantitative estimate of drug-likeness (QED) is 0.406. The van der Waals surface area contributed by atoms with Gasteiger partial charge in [-0.2, -0.15) is 0 Å². The summed E-state index contributed by atoms with van der Waals surface area (Å²) >= 11 is 11.8. The molecule has 5 nitrogen and oxygen atoms in total. The normalized spacial score (nSPS) is 11.4. The second-order valence-corrected chi connectivity index (χ2v) is 6.84. The van der Waals surface area contributed by atoms with Crippen molar-refractivity contribution >= 4 is 51.8 Å². The van der Waals surface area contributed by atoms with Crippen molar-refractivity contribution in [3.05, 3.63) is 48.3 Å². The third kappa shape index (κ3) is 4.54. The molecule has 2 aromatic carbocycles. The topological polar surface area (TPSA) is 42.7 Å². The molecule has 0 bridgehead atoms. The number of fused-ring (bicyclic) bond motifs is 1. The van der Waals surface area contributed by atoms with Crippen molar-refractivity contribution in [3.63, 3.8) is 0 Å². The van der Waals surface area contributed by atoms with Crippen LogP contribution in [0.5, 0.6) is 5.75 Å². The predicted molar refractivity (Wildman–Crippen MR) is 115 cm³/mol. The minimum atomic E-state index is 0.527. The van der Waals surface area contributed by atoms with E-state index in [4.69, 9.17) is 27.9 Å². The van der Waals surface area contributed by atoms with E-state index in [1.807, 2.05) is 54.2 Å². The highest BCUT2D eigenvalue weighted by molar-refractivity contribution is 6.18. The number of nitrogens with zero attached hydrogens (tertiary/aromatic N) is 4. The third-order valence-corrected chi connectivity index (χ3v) is 4.66. The molecule has 0 amide bonds. The summed E-state index contributed by atoms with van der Waals surface area (Å²) in [6.45, 7) is 1.42. The van der Waals surface area contributed by atoms with Gasteiger partial charge < -0.3 is 14.2 Å². The van der Waals surface area contributed by atoms with Gasteiger partial charge in [0.1, 0.15) is 5.75 Å². The fourth-order valence-electron chi connectivity index (χ4n) is 2.95. The van der Waals surface area contributed by atoms with Crippen LogP contribution >= 0.6 is 23.2 Å². The van der Waals surface area contributed by atoms with Crippen LogP contribution in [0, 0.1) is 0 Å². The lowest BCUT2D eigenvalue weighted by atomic mass is 10.2. The Bertz CT molecular complexity index is 933. The smallest absolute Gasteiger partial charge is 0.142 e. The minimum Gasteiger partial charge on any atom is -0.495 e. The van der Waals surface area contributed by atoms with Crippen LogP contribution in [-0.4, -0.2) is 47.7 Å². The van der Waals surface area contributed by atoms with Gasteiger partial charge in [-0.05, 0) is 35.9 Å². The number of halogens is 2. The number of methoxy groups -OCH3 is 1. The Morgan fingerprint density at radius 3 is 2.63 bits per heavy atom. The first-order chi connectivity index (χ1) is 13.2. The van der Waals surface area contributed by atoms with Gasteiger partial charge in [0.15, 0.2) is 0 Å². The Labute approximate surface area is 169 Å². The molecule has 27 heavy (non-hydrogen) atoms. The van der Waals surface area contributed by atoms with Crippen molar-refractivity contribution in [3.8, 4) is 5.75 Å². The fraction of sp³-hybridized carbons (Fsp3) is 0.300. The van der Waals surface area contributed by atoms with E-state index in [1.54, 1.807) is 13.4 Å². The lowest BCUT2D eigenvalue weighted by molar-refractivity contribution is 0.414. The summed E-state index contributed by atoms with van der Waals surface area (Å²) < 4.78 is 7.56. The number of anilines is 1. The monoisotopic (exact) mass is 404 g/mol. The van der Waals surface area contributed by atoms with Gasteiger partial charge in [0, 0.05) is 38.1 Å². The van der Waals surface area contributed by atoms with Gasteiger partial charge in [0.2, 0.25) is 0 Å². The maximum absolute atomic E-state index is 5.92. The van der Waals surface area contributed by atoms with E-state index in [1.165, 1.54) is 0 Å². The molecular formula is C20H22Cl2N4O. The number of alkyl halides is 2. The van der Waals surface area contributed by atoms with Crippen LogP contribution in [0.15, 0.2) is 47.7 Å². The summed E-state index contributed by atoms with van der Waals surface area (Å²) in [5.41, 5.74) is 4.80. The summed E-state index contributed by atoms with van der Waals surface area (Å²) in [7, 11) is 3.64. The van der Waals surface area contributed by atoms with Crippen LogP contribution in [0.4, 0.5) is 11.4 Å². The van der Waals surface area contributed by atoms with Crippen LogP contribution in [0.25, 0.3) is 11.0 Å². The lowest BCUT2D eigenvalue weighted by Crippen LogP contribution is -2.28. The maximum Gasteiger partial charge on any atom is 0.142 e. The van der Waals surface area contributed by atoms with Crippen LogP contribution in [-0.2, 0) is 7.05 Å². The highest BCUT2D eigenvalue weighted by atomic mass is 35.5. The highest BCUT2D eigenvalue weighted by Crippen LogP contribution is 2.29. The van der Waals surface area contributed by atoms with E-state index < -0.39 is 0 Å². The van der Waals surface area contributed by atoms with Crippen molar-refractivity contribution in [1.29, 1.82) is 0 Å². The molecule has 142 valence electrons. The molecule has 0 saturated carbocycles. The number of aryl methyl sites for hydroxylation is 1. The maximum atomic E-state index is 5.92. The number of aromatic nitrogens is 2. The lowest BCUT2D eigenvalue weighted by Gasteiger charge is -2.25. The van der Waals surface area contributed by atoms with Gasteiger partial charge in [0.25, 0.3) is 0 Å². The molecule has 0 saturated heterocycles. The van der Waals surface area contributed by atoms with Gasteiger partial charge >= 0.3 is 0 Å². The first kappa shape index (κ1) is 19.5. The minimum absolute atomic E-state index is 0.527. The van der Waals surface area contributed by atoms with Crippen LogP contribution < -0.4 is 9.64 Å². The molecule has 0 aliphatic carbocycles. The number of imidazole rings is 1. The van der Waals surface area contributed by atoms with Crippen molar-refractivity contribution < 1.29 is 4.74 Å². The van der Waals surface area contributed by atoms with Crippen molar-refractivity contribution in [2.24, 2.45) is 12.0 Å². The second kappa shape index (κ2) is 9.11. The number of rotatable bonds is 8. The number of hydrogen-bond donors (Lipinski definition) is 0. The average molecular weight is 405 g/mol. The fourth-order valence-corrected chi connectivity index (χ4v) is 3.35. The summed E-state index contributed by atoms with van der Waals surface area (Å²) in [5.74, 6) is 1.83. The number of ether oxygens (including phenoxy) is 1. The van der Waals surface area contributed by atoms with E-state index in [0.717, 1.165) is 33.7 Å². The summed E-state index contributed by atoms with van der Waals surface area (Å²) in [6.07, 6.45) is 3.62. The molecule has 0 aliphatic rings. The Balaban J connectivity index is 1.84. The molecule has 0 aliphatic heterocycles. The predicted octanol–water partition coefficient (Wildman–Crippen LogP) is 4.62. The van der Waals surface area contributed by atoms with Gasteiger partial charge in [-0.3, -0.25) is 4.99 Å². The third-order valence-electron chi connectivity index (χ3n) is 4.33. The Hall–Kier alpha value is -2.24. The summed E-state index contributed by atoms with van der Waals surface area (Å²) in [6, 6.07) is 12.0. The summed E-state index contributed by atoms with van der Waals surface area (Å²) in [4.78, 5) is 11.1. The molecule has 1 heterocycles. The molecule has 0 fully saturated rings. The molecule has 3 rings (SSSR count). The Morgan fingerprint density at radius 1 is 1.15 bits per heavy atom. The number of aliphatic imine (C=N–C) groups is 1. The number of hydrogen-bond acceptors (Lipinski definition) is 4. The van der Waals surface area contributed by atoms with Crippen molar-refractivity contribution in [1.82, 2.24) is 9.55 Å². The van der Waals surface area contributed by atoms with E-state index in [0.29, 0.717) is 24.8 Å². The van der Waals surface area contributed by atoms with Crippen LogP contribution in [0.2, 0.25) is 0 Å². The number of benzene rings is 2. The molecule has 7 heteroatoms. The van der Waals surface area contributed by atoms with Gasteiger partial charge in [-0.25, -0.2) is 4.98 Å². The van der Waals surface area contributed by atoms with Gasteiger partial charge in [0.05, 0.1) is 35.8 Å². The Morgan fingerprint density at radius 2 is 1.93 bits per heavy atom. The largest absolute Gasteiger partial charge is 0.495 e. The van der Waals surface area contributed by atoms with E-state index in [9.17, 15) is 0 Å². The van der Waals surface area contributed by atoms with Gasteiger partial charge in [-0.15, -0.1) is 23.2 Å². The molecule has 0 spiro atoms. The summed E-state index contributed by atoms with van der Waals surface area (Å²) in [5, 5.41) is 0. The van der Waals surface area contributed by atoms with Gasteiger partial charge in [-0.1, -0.05) is 6.07 Å². The molecule has 0 radical (unpaired) electrons. The van der Waals surface area contributed by atoms with E-state index in [2.05, 4.69) is 14.9 Å².